The lowest BCUT2D eigenvalue weighted by molar-refractivity contribution is 0.453. The van der Waals surface area contributed by atoms with Gasteiger partial charge in [-0.25, -0.2) is 12.8 Å². The van der Waals surface area contributed by atoms with Gasteiger partial charge >= 0.3 is 0 Å². The number of aromatic nitrogens is 2. The van der Waals surface area contributed by atoms with Gasteiger partial charge in [0.05, 0.1) is 11.4 Å². The Morgan fingerprint density at radius 1 is 1.03 bits per heavy atom. The fraction of sp³-hybridized carbons (Fsp3) is 0.318. The van der Waals surface area contributed by atoms with Crippen molar-refractivity contribution in [1.82, 2.24) is 15.3 Å². The van der Waals surface area contributed by atoms with Crippen LogP contribution in [0.5, 0.6) is 0 Å². The molecule has 3 heterocycles. The average Bonchev–Trinajstić information content (AvgIpc) is 3.07. The van der Waals surface area contributed by atoms with Crippen LogP contribution < -0.4 is 5.32 Å². The van der Waals surface area contributed by atoms with Gasteiger partial charge in [-0.15, -0.1) is 0 Å². The summed E-state index contributed by atoms with van der Waals surface area (Å²) < 4.78 is 38.2. The predicted octanol–water partition coefficient (Wildman–Crippen LogP) is 3.89. The Balaban J connectivity index is 1.97. The molecule has 2 N–H and O–H groups in total. The van der Waals surface area contributed by atoms with Crippen molar-refractivity contribution in [3.63, 3.8) is 0 Å². The monoisotopic (exact) mass is 413 g/mol. The highest BCUT2D eigenvalue weighted by molar-refractivity contribution is 7.89. The number of piperidine rings is 1. The quantitative estimate of drug-likeness (QED) is 0.665. The van der Waals surface area contributed by atoms with Crippen LogP contribution >= 0.6 is 0 Å². The van der Waals surface area contributed by atoms with E-state index in [2.05, 4.69) is 15.3 Å². The van der Waals surface area contributed by atoms with Crippen LogP contribution in [-0.2, 0) is 15.6 Å². The number of pyridine rings is 1. The van der Waals surface area contributed by atoms with E-state index in [0.29, 0.717) is 0 Å². The van der Waals surface area contributed by atoms with Gasteiger partial charge in [0, 0.05) is 35.8 Å². The molecule has 1 fully saturated rings. The largest absolute Gasteiger partial charge is 0.357 e. The third-order valence-electron chi connectivity index (χ3n) is 5.39. The molecule has 3 aromatic rings. The molecule has 1 aromatic carbocycles. The van der Waals surface area contributed by atoms with Crippen molar-refractivity contribution in [2.45, 2.75) is 24.5 Å². The van der Waals surface area contributed by atoms with E-state index >= 15 is 0 Å². The van der Waals surface area contributed by atoms with E-state index in [-0.39, 0.29) is 17.5 Å². The molecule has 0 atom stereocenters. The molecule has 0 spiro atoms. The molecule has 7 heteroatoms. The molecule has 1 aliphatic heterocycles. The second-order valence-electron chi connectivity index (χ2n) is 7.60. The van der Waals surface area contributed by atoms with Gasteiger partial charge in [-0.3, -0.25) is 4.98 Å². The summed E-state index contributed by atoms with van der Waals surface area (Å²) in [5.74, 6) is -0.0924. The number of rotatable bonds is 5. The third kappa shape index (κ3) is 4.41. The van der Waals surface area contributed by atoms with Crippen molar-refractivity contribution >= 4 is 9.84 Å². The normalized spacial score (nSPS) is 15.5. The van der Waals surface area contributed by atoms with E-state index in [1.165, 1.54) is 18.4 Å². The van der Waals surface area contributed by atoms with E-state index in [9.17, 15) is 12.8 Å². The summed E-state index contributed by atoms with van der Waals surface area (Å²) in [6.45, 7) is 1.80. The molecule has 4 rings (SSSR count). The summed E-state index contributed by atoms with van der Waals surface area (Å²) in [4.78, 5) is 7.64. The molecular weight excluding hydrogens is 389 g/mol. The first-order valence-electron chi connectivity index (χ1n) is 9.72. The Hall–Kier alpha value is -2.51. The number of sulfone groups is 1. The Bertz CT molecular complexity index is 1090. The zero-order chi connectivity index (χ0) is 20.4. The van der Waals surface area contributed by atoms with Crippen molar-refractivity contribution in [2.24, 2.45) is 0 Å². The van der Waals surface area contributed by atoms with Crippen LogP contribution in [0.1, 0.15) is 30.0 Å². The molecule has 2 aromatic heterocycles. The average molecular weight is 414 g/mol. The van der Waals surface area contributed by atoms with Gasteiger partial charge in [0.15, 0.2) is 9.84 Å². The number of nitrogens with one attached hydrogen (secondary N) is 2. The number of halogens is 1. The van der Waals surface area contributed by atoms with Gasteiger partial charge in [-0.2, -0.15) is 0 Å². The maximum absolute atomic E-state index is 13.5. The molecule has 29 heavy (non-hydrogen) atoms. The van der Waals surface area contributed by atoms with Gasteiger partial charge in [-0.1, -0.05) is 0 Å². The molecule has 152 valence electrons. The van der Waals surface area contributed by atoms with Crippen LogP contribution in [0.4, 0.5) is 4.39 Å². The van der Waals surface area contributed by atoms with Gasteiger partial charge in [0.2, 0.25) is 0 Å². The highest BCUT2D eigenvalue weighted by Crippen LogP contribution is 2.41. The van der Waals surface area contributed by atoms with Gasteiger partial charge in [0.25, 0.3) is 0 Å². The number of hydrogen-bond acceptors (Lipinski definition) is 4. The smallest absolute Gasteiger partial charge is 0.151 e. The fourth-order valence-corrected chi connectivity index (χ4v) is 4.92. The summed E-state index contributed by atoms with van der Waals surface area (Å²) in [6, 6.07) is 10.1. The van der Waals surface area contributed by atoms with Crippen molar-refractivity contribution in [2.75, 3.05) is 19.3 Å². The topological polar surface area (TPSA) is 74.8 Å². The molecule has 5 nitrogen and oxygen atoms in total. The van der Waals surface area contributed by atoms with E-state index in [0.717, 1.165) is 59.6 Å². The van der Waals surface area contributed by atoms with Crippen molar-refractivity contribution in [1.29, 1.82) is 0 Å². The number of aromatic amines is 1. The van der Waals surface area contributed by atoms with Crippen LogP contribution in [0, 0.1) is 5.82 Å². The summed E-state index contributed by atoms with van der Waals surface area (Å²) in [5, 5.41) is 3.36. The number of H-pyrrole nitrogens is 1. The van der Waals surface area contributed by atoms with Crippen LogP contribution in [0.25, 0.3) is 22.4 Å². The minimum atomic E-state index is -3.26. The lowest BCUT2D eigenvalue weighted by Gasteiger charge is -2.23. The molecular formula is C22H24FN3O2S. The molecule has 0 bridgehead atoms. The Labute approximate surface area is 170 Å². The second-order valence-corrected chi connectivity index (χ2v) is 9.74. The minimum Gasteiger partial charge on any atom is -0.357 e. The Kier molecular flexibility index (Phi) is 5.52. The number of benzene rings is 1. The molecule has 0 aliphatic carbocycles. The first kappa shape index (κ1) is 19.8. The second kappa shape index (κ2) is 8.08. The molecule has 1 saturated heterocycles. The summed E-state index contributed by atoms with van der Waals surface area (Å²) in [6.07, 6.45) is 6.54. The first-order chi connectivity index (χ1) is 13.9. The first-order valence-corrected chi connectivity index (χ1v) is 11.8. The zero-order valence-corrected chi connectivity index (χ0v) is 17.1. The van der Waals surface area contributed by atoms with Crippen molar-refractivity contribution in [3.8, 4) is 22.4 Å². The molecule has 0 unspecified atom stereocenters. The standard InChI is InChI=1S/C22H24FN3O2S/c1-29(27,28)14-19-20(15-6-10-24-11-7-15)22(16-2-4-18(23)5-3-16)26-21(19)17-8-12-25-13-9-17/h2-7,10-11,17,25-26H,8-9,12-14H2,1H3. The zero-order valence-electron chi connectivity index (χ0n) is 16.3. The molecule has 1 aliphatic rings. The summed E-state index contributed by atoms with van der Waals surface area (Å²) >= 11 is 0. The van der Waals surface area contributed by atoms with Crippen LogP contribution in [0.2, 0.25) is 0 Å². The van der Waals surface area contributed by atoms with Gasteiger partial charge < -0.3 is 10.3 Å². The highest BCUT2D eigenvalue weighted by atomic mass is 32.2. The SMILES string of the molecule is CS(=O)(=O)Cc1c(C2CCNCC2)[nH]c(-c2ccc(F)cc2)c1-c1ccncc1. The molecule has 0 radical (unpaired) electrons. The van der Waals surface area contributed by atoms with E-state index in [1.54, 1.807) is 24.5 Å². The lowest BCUT2D eigenvalue weighted by Crippen LogP contribution is -2.27. The molecule has 0 saturated carbocycles. The maximum Gasteiger partial charge on any atom is 0.151 e. The minimum absolute atomic E-state index is 0.0401. The van der Waals surface area contributed by atoms with Gasteiger partial charge in [0.1, 0.15) is 5.82 Å². The fourth-order valence-electron chi connectivity index (χ4n) is 4.10. The summed E-state index contributed by atoms with van der Waals surface area (Å²) in [7, 11) is -3.26. The Morgan fingerprint density at radius 3 is 2.31 bits per heavy atom. The lowest BCUT2D eigenvalue weighted by atomic mass is 9.90. The highest BCUT2D eigenvalue weighted by Gasteiger charge is 2.28. The maximum atomic E-state index is 13.5. The van der Waals surface area contributed by atoms with Crippen LogP contribution in [0.3, 0.4) is 0 Å². The number of nitrogens with zero attached hydrogens (tertiary/aromatic N) is 1. The van der Waals surface area contributed by atoms with E-state index < -0.39 is 9.84 Å². The van der Waals surface area contributed by atoms with E-state index in [1.807, 2.05) is 12.1 Å². The third-order valence-corrected chi connectivity index (χ3v) is 6.21. The van der Waals surface area contributed by atoms with E-state index in [4.69, 9.17) is 0 Å². The number of hydrogen-bond donors (Lipinski definition) is 2. The van der Waals surface area contributed by atoms with Crippen molar-refractivity contribution < 1.29 is 12.8 Å². The van der Waals surface area contributed by atoms with Gasteiger partial charge in [-0.05, 0) is 79.0 Å². The van der Waals surface area contributed by atoms with Crippen molar-refractivity contribution in [3.05, 3.63) is 65.9 Å². The van der Waals surface area contributed by atoms with Crippen LogP contribution in [-0.4, -0.2) is 37.7 Å². The Morgan fingerprint density at radius 2 is 1.69 bits per heavy atom. The molecule has 0 amide bonds. The predicted molar refractivity (Wildman–Crippen MR) is 113 cm³/mol. The summed E-state index contributed by atoms with van der Waals surface area (Å²) in [5.41, 5.74) is 5.19. The van der Waals surface area contributed by atoms with Crippen LogP contribution in [0.15, 0.2) is 48.8 Å².